The quantitative estimate of drug-likeness (QED) is 0.925. The third-order valence-electron chi connectivity index (χ3n) is 4.99. The summed E-state index contributed by atoms with van der Waals surface area (Å²) in [5, 5.41) is 9.59. The molecule has 1 aromatic carbocycles. The lowest BCUT2D eigenvalue weighted by atomic mass is 9.81. The minimum absolute atomic E-state index is 0.0206. The Hall–Kier alpha value is -1.35. The first-order chi connectivity index (χ1) is 10.1. The predicted molar refractivity (Wildman–Crippen MR) is 82.9 cm³/mol. The fraction of sp³-hybridized carbons (Fsp3) is 0.611. The number of nitrogens with zero attached hydrogens (tertiary/aromatic N) is 1. The third kappa shape index (κ3) is 3.13. The fourth-order valence-corrected chi connectivity index (χ4v) is 3.54. The van der Waals surface area contributed by atoms with Gasteiger partial charge in [-0.3, -0.25) is 4.79 Å². The largest absolute Gasteiger partial charge is 0.396 e. The van der Waals surface area contributed by atoms with Gasteiger partial charge in [0, 0.05) is 18.5 Å². The number of aliphatic hydroxyl groups is 1. The summed E-state index contributed by atoms with van der Waals surface area (Å²) in [6, 6.07) is 10.2. The topological polar surface area (TPSA) is 40.5 Å². The highest BCUT2D eigenvalue weighted by atomic mass is 16.3. The van der Waals surface area contributed by atoms with E-state index in [0.29, 0.717) is 12.5 Å². The molecule has 3 heteroatoms. The molecular formula is C18H25NO2. The molecule has 2 unspecified atom stereocenters. The van der Waals surface area contributed by atoms with E-state index < -0.39 is 0 Å². The summed E-state index contributed by atoms with van der Waals surface area (Å²) >= 11 is 0. The van der Waals surface area contributed by atoms with Crippen molar-refractivity contribution in [3.8, 4) is 0 Å². The fourth-order valence-electron chi connectivity index (χ4n) is 3.54. The van der Waals surface area contributed by atoms with Crippen molar-refractivity contribution in [3.05, 3.63) is 35.9 Å². The van der Waals surface area contributed by atoms with Crippen LogP contribution in [-0.4, -0.2) is 35.6 Å². The van der Waals surface area contributed by atoms with Crippen LogP contribution in [-0.2, 0) is 4.79 Å². The second-order valence-corrected chi connectivity index (χ2v) is 7.06. The minimum Gasteiger partial charge on any atom is -0.396 e. The van der Waals surface area contributed by atoms with E-state index in [-0.39, 0.29) is 23.8 Å². The van der Waals surface area contributed by atoms with Crippen molar-refractivity contribution >= 4 is 5.91 Å². The van der Waals surface area contributed by atoms with Gasteiger partial charge in [-0.15, -0.1) is 0 Å². The SMILES string of the molecule is CC1(CO)CCCN(C(=O)C(c2ccccc2)C2CC2)C1. The Balaban J connectivity index is 1.79. The van der Waals surface area contributed by atoms with Crippen LogP contribution in [0.5, 0.6) is 0 Å². The number of carbonyl (C=O) groups excluding carboxylic acids is 1. The van der Waals surface area contributed by atoms with Crippen molar-refractivity contribution in [1.29, 1.82) is 0 Å². The zero-order valence-corrected chi connectivity index (χ0v) is 12.8. The van der Waals surface area contributed by atoms with Crippen molar-refractivity contribution in [2.45, 2.75) is 38.5 Å². The number of carbonyl (C=O) groups is 1. The molecule has 1 N–H and O–H groups in total. The summed E-state index contributed by atoms with van der Waals surface area (Å²) in [6.45, 7) is 3.78. The molecule has 0 aromatic heterocycles. The van der Waals surface area contributed by atoms with Crippen molar-refractivity contribution in [3.63, 3.8) is 0 Å². The van der Waals surface area contributed by atoms with Crippen molar-refractivity contribution < 1.29 is 9.90 Å². The molecule has 0 spiro atoms. The van der Waals surface area contributed by atoms with Crippen molar-refractivity contribution in [2.24, 2.45) is 11.3 Å². The summed E-state index contributed by atoms with van der Waals surface area (Å²) in [7, 11) is 0. The smallest absolute Gasteiger partial charge is 0.230 e. The molecule has 1 aromatic rings. The number of hydrogen-bond acceptors (Lipinski definition) is 2. The molecule has 2 fully saturated rings. The number of piperidine rings is 1. The van der Waals surface area contributed by atoms with Gasteiger partial charge in [-0.05, 0) is 37.2 Å². The first kappa shape index (κ1) is 14.6. The molecule has 114 valence electrons. The van der Waals surface area contributed by atoms with Crippen LogP contribution in [0.4, 0.5) is 0 Å². The first-order valence-corrected chi connectivity index (χ1v) is 8.07. The molecule has 3 nitrogen and oxygen atoms in total. The summed E-state index contributed by atoms with van der Waals surface area (Å²) in [4.78, 5) is 15.0. The molecule has 1 heterocycles. The van der Waals surface area contributed by atoms with Crippen LogP contribution in [0.15, 0.2) is 30.3 Å². The van der Waals surface area contributed by atoms with Gasteiger partial charge in [-0.1, -0.05) is 37.3 Å². The lowest BCUT2D eigenvalue weighted by Crippen LogP contribution is -2.48. The van der Waals surface area contributed by atoms with E-state index in [4.69, 9.17) is 0 Å². The maximum Gasteiger partial charge on any atom is 0.230 e. The van der Waals surface area contributed by atoms with Crippen LogP contribution in [0.1, 0.15) is 44.1 Å². The Bertz CT molecular complexity index is 497. The molecule has 1 aliphatic carbocycles. The maximum atomic E-state index is 13.0. The van der Waals surface area contributed by atoms with Crippen molar-refractivity contribution in [1.82, 2.24) is 4.90 Å². The molecule has 1 saturated carbocycles. The van der Waals surface area contributed by atoms with Gasteiger partial charge >= 0.3 is 0 Å². The predicted octanol–water partition coefficient (Wildman–Crippen LogP) is 2.80. The van der Waals surface area contributed by atoms with Gasteiger partial charge in [0.25, 0.3) is 0 Å². The number of likely N-dealkylation sites (tertiary alicyclic amines) is 1. The van der Waals surface area contributed by atoms with Gasteiger partial charge in [0.15, 0.2) is 0 Å². The zero-order chi connectivity index (χ0) is 14.9. The first-order valence-electron chi connectivity index (χ1n) is 8.07. The molecule has 2 aliphatic rings. The standard InChI is InChI=1S/C18H25NO2/c1-18(13-20)10-5-11-19(12-18)17(21)16(15-8-9-15)14-6-3-2-4-7-14/h2-4,6-7,15-16,20H,5,8-13H2,1H3. The average Bonchev–Trinajstić information content (AvgIpc) is 3.33. The Morgan fingerprint density at radius 2 is 2.10 bits per heavy atom. The molecule has 1 amide bonds. The Morgan fingerprint density at radius 3 is 2.71 bits per heavy atom. The van der Waals surface area contributed by atoms with E-state index in [9.17, 15) is 9.90 Å². The summed E-state index contributed by atoms with van der Waals surface area (Å²) < 4.78 is 0. The lowest BCUT2D eigenvalue weighted by molar-refractivity contribution is -0.137. The molecular weight excluding hydrogens is 262 g/mol. The minimum atomic E-state index is -0.126. The van der Waals surface area contributed by atoms with E-state index in [2.05, 4.69) is 19.1 Å². The Morgan fingerprint density at radius 1 is 1.38 bits per heavy atom. The molecule has 2 atom stereocenters. The van der Waals surface area contributed by atoms with Crippen molar-refractivity contribution in [2.75, 3.05) is 19.7 Å². The van der Waals surface area contributed by atoms with Crippen LogP contribution in [0, 0.1) is 11.3 Å². The van der Waals surface area contributed by atoms with E-state index in [1.165, 1.54) is 0 Å². The molecule has 1 aliphatic heterocycles. The molecule has 21 heavy (non-hydrogen) atoms. The van der Waals surface area contributed by atoms with Gasteiger partial charge in [-0.25, -0.2) is 0 Å². The van der Waals surface area contributed by atoms with Crippen LogP contribution in [0.25, 0.3) is 0 Å². The monoisotopic (exact) mass is 287 g/mol. The van der Waals surface area contributed by atoms with Gasteiger partial charge in [-0.2, -0.15) is 0 Å². The average molecular weight is 287 g/mol. The lowest BCUT2D eigenvalue weighted by Gasteiger charge is -2.40. The second-order valence-electron chi connectivity index (χ2n) is 7.06. The van der Waals surface area contributed by atoms with Gasteiger partial charge in [0.1, 0.15) is 0 Å². The molecule has 0 bridgehead atoms. The highest BCUT2D eigenvalue weighted by molar-refractivity contribution is 5.84. The van der Waals surface area contributed by atoms with Gasteiger partial charge in [0.2, 0.25) is 5.91 Å². The van der Waals surface area contributed by atoms with Gasteiger partial charge in [0.05, 0.1) is 12.5 Å². The number of rotatable bonds is 4. The van der Waals surface area contributed by atoms with Crippen LogP contribution >= 0.6 is 0 Å². The second kappa shape index (κ2) is 5.80. The van der Waals surface area contributed by atoms with E-state index in [0.717, 1.165) is 37.8 Å². The summed E-state index contributed by atoms with van der Waals surface area (Å²) in [5.74, 6) is 0.803. The summed E-state index contributed by atoms with van der Waals surface area (Å²) in [5.41, 5.74) is 1.03. The van der Waals surface area contributed by atoms with E-state index in [1.54, 1.807) is 0 Å². The number of amides is 1. The normalized spacial score (nSPS) is 27.4. The Labute approximate surface area is 127 Å². The van der Waals surface area contributed by atoms with Crippen LogP contribution in [0.3, 0.4) is 0 Å². The number of hydrogen-bond donors (Lipinski definition) is 1. The molecule has 0 radical (unpaired) electrons. The maximum absolute atomic E-state index is 13.0. The highest BCUT2D eigenvalue weighted by Gasteiger charge is 2.41. The summed E-state index contributed by atoms with van der Waals surface area (Å²) in [6.07, 6.45) is 4.33. The van der Waals surface area contributed by atoms with Gasteiger partial charge < -0.3 is 10.0 Å². The van der Waals surface area contributed by atoms with E-state index in [1.807, 2.05) is 23.1 Å². The highest BCUT2D eigenvalue weighted by Crippen LogP contribution is 2.44. The van der Waals surface area contributed by atoms with Crippen LogP contribution < -0.4 is 0 Å². The zero-order valence-electron chi connectivity index (χ0n) is 12.8. The van der Waals surface area contributed by atoms with Crippen LogP contribution in [0.2, 0.25) is 0 Å². The van der Waals surface area contributed by atoms with E-state index >= 15 is 0 Å². The third-order valence-corrected chi connectivity index (χ3v) is 4.99. The Kier molecular flexibility index (Phi) is 4.03. The molecule has 1 saturated heterocycles. The molecule has 3 rings (SSSR count). The number of aliphatic hydroxyl groups excluding tert-OH is 1. The number of benzene rings is 1.